The average molecular weight is 267 g/mol. The minimum atomic E-state index is -0.414. The molecule has 0 aliphatic carbocycles. The fourth-order valence-electron chi connectivity index (χ4n) is 1.41. The summed E-state index contributed by atoms with van der Waals surface area (Å²) < 4.78 is 0. The summed E-state index contributed by atoms with van der Waals surface area (Å²) in [5, 5.41) is 12.2. The van der Waals surface area contributed by atoms with Crippen molar-refractivity contribution in [3.05, 3.63) is 46.1 Å². The third-order valence-electron chi connectivity index (χ3n) is 2.10. The van der Waals surface area contributed by atoms with Gasteiger partial charge in [0.2, 0.25) is 0 Å². The number of nitrogens with zero attached hydrogens (tertiary/aromatic N) is 2. The first kappa shape index (κ1) is 10.0. The van der Waals surface area contributed by atoms with Gasteiger partial charge in [-0.05, 0) is 11.6 Å². The average Bonchev–Trinajstić information content (AvgIpc) is 2.27. The number of alkyl halides is 1. The zero-order valence-corrected chi connectivity index (χ0v) is 9.27. The van der Waals surface area contributed by atoms with Crippen LogP contribution in [0.25, 0.3) is 10.9 Å². The highest BCUT2D eigenvalue weighted by atomic mass is 79.9. The molecule has 0 saturated heterocycles. The zero-order valence-electron chi connectivity index (χ0n) is 7.68. The number of rotatable bonds is 2. The van der Waals surface area contributed by atoms with Gasteiger partial charge in [0, 0.05) is 23.0 Å². The van der Waals surface area contributed by atoms with E-state index in [1.54, 1.807) is 12.3 Å². The second kappa shape index (κ2) is 3.94. The lowest BCUT2D eigenvalue weighted by atomic mass is 10.1. The summed E-state index contributed by atoms with van der Waals surface area (Å²) in [7, 11) is 0. The van der Waals surface area contributed by atoms with Gasteiger partial charge in [-0.15, -0.1) is 0 Å². The largest absolute Gasteiger partial charge is 0.295 e. The number of halogens is 1. The number of hydrogen-bond donors (Lipinski definition) is 0. The minimum Gasteiger partial charge on any atom is -0.258 e. The first-order chi connectivity index (χ1) is 7.22. The molecule has 0 spiro atoms. The van der Waals surface area contributed by atoms with Crippen LogP contribution >= 0.6 is 15.9 Å². The van der Waals surface area contributed by atoms with Crippen molar-refractivity contribution < 1.29 is 4.92 Å². The van der Waals surface area contributed by atoms with Crippen LogP contribution in [0.4, 0.5) is 5.69 Å². The van der Waals surface area contributed by atoms with E-state index in [4.69, 9.17) is 0 Å². The van der Waals surface area contributed by atoms with Crippen LogP contribution in [0, 0.1) is 10.1 Å². The molecule has 0 radical (unpaired) electrons. The molecule has 1 aromatic carbocycles. The highest BCUT2D eigenvalue weighted by molar-refractivity contribution is 9.08. The summed E-state index contributed by atoms with van der Waals surface area (Å²) in [6.07, 6.45) is 1.64. The number of benzene rings is 1. The lowest BCUT2D eigenvalue weighted by molar-refractivity contribution is -0.383. The van der Waals surface area contributed by atoms with Crippen LogP contribution in [0.5, 0.6) is 0 Å². The second-order valence-electron chi connectivity index (χ2n) is 3.08. The topological polar surface area (TPSA) is 56.0 Å². The van der Waals surface area contributed by atoms with Crippen molar-refractivity contribution in [2.75, 3.05) is 0 Å². The number of para-hydroxylation sites is 1. The van der Waals surface area contributed by atoms with Crippen LogP contribution < -0.4 is 0 Å². The number of pyridine rings is 1. The Morgan fingerprint density at radius 1 is 1.47 bits per heavy atom. The van der Waals surface area contributed by atoms with E-state index >= 15 is 0 Å². The highest BCUT2D eigenvalue weighted by Crippen LogP contribution is 2.24. The number of nitro benzene ring substituents is 1. The maximum absolute atomic E-state index is 10.7. The number of fused-ring (bicyclic) bond motifs is 1. The highest BCUT2D eigenvalue weighted by Gasteiger charge is 2.11. The Kier molecular flexibility index (Phi) is 2.64. The van der Waals surface area contributed by atoms with Crippen molar-refractivity contribution in [3.8, 4) is 0 Å². The van der Waals surface area contributed by atoms with E-state index in [9.17, 15) is 10.1 Å². The van der Waals surface area contributed by atoms with Crippen molar-refractivity contribution in [3.63, 3.8) is 0 Å². The van der Waals surface area contributed by atoms with Gasteiger partial charge in [0.25, 0.3) is 5.69 Å². The predicted molar refractivity (Wildman–Crippen MR) is 61.0 cm³/mol. The first-order valence-corrected chi connectivity index (χ1v) is 5.42. The first-order valence-electron chi connectivity index (χ1n) is 4.30. The molecule has 0 fully saturated rings. The maximum atomic E-state index is 10.7. The zero-order chi connectivity index (χ0) is 10.8. The Labute approximate surface area is 94.2 Å². The number of hydrogen-bond acceptors (Lipinski definition) is 3. The Bertz CT molecular complexity index is 528. The standard InChI is InChI=1S/C10H7BrN2O2/c11-5-7-4-8-2-1-3-9(13(14)15)10(8)12-6-7/h1-4,6H,5H2. The van der Waals surface area contributed by atoms with Gasteiger partial charge >= 0.3 is 0 Å². The lowest BCUT2D eigenvalue weighted by Gasteiger charge is -2.00. The molecule has 0 amide bonds. The summed E-state index contributed by atoms with van der Waals surface area (Å²) in [6.45, 7) is 0. The smallest absolute Gasteiger partial charge is 0.258 e. The molecular weight excluding hydrogens is 260 g/mol. The number of aromatic nitrogens is 1. The van der Waals surface area contributed by atoms with Crippen molar-refractivity contribution in [1.29, 1.82) is 0 Å². The van der Waals surface area contributed by atoms with E-state index in [0.29, 0.717) is 10.8 Å². The van der Waals surface area contributed by atoms with Crippen molar-refractivity contribution in [2.24, 2.45) is 0 Å². The quantitative estimate of drug-likeness (QED) is 0.477. The SMILES string of the molecule is O=[N+]([O-])c1cccc2cc(CBr)cnc12. The van der Waals surface area contributed by atoms with Gasteiger partial charge in [-0.25, -0.2) is 4.98 Å². The molecule has 2 rings (SSSR count). The van der Waals surface area contributed by atoms with Gasteiger partial charge in [-0.1, -0.05) is 28.1 Å². The molecule has 0 atom stereocenters. The van der Waals surface area contributed by atoms with Gasteiger partial charge in [0.05, 0.1) is 4.92 Å². The third kappa shape index (κ3) is 1.83. The van der Waals surface area contributed by atoms with Gasteiger partial charge in [0.1, 0.15) is 5.52 Å². The molecule has 15 heavy (non-hydrogen) atoms. The van der Waals surface area contributed by atoms with Crippen LogP contribution in [0.3, 0.4) is 0 Å². The van der Waals surface area contributed by atoms with E-state index < -0.39 is 4.92 Å². The molecule has 1 aromatic heterocycles. The molecular formula is C10H7BrN2O2. The van der Waals surface area contributed by atoms with Crippen molar-refractivity contribution in [2.45, 2.75) is 5.33 Å². The maximum Gasteiger partial charge on any atom is 0.295 e. The normalized spacial score (nSPS) is 10.5. The van der Waals surface area contributed by atoms with Crippen molar-refractivity contribution >= 4 is 32.5 Å². The molecule has 0 aliphatic rings. The lowest BCUT2D eigenvalue weighted by Crippen LogP contribution is -1.92. The van der Waals surface area contributed by atoms with Crippen molar-refractivity contribution in [1.82, 2.24) is 4.98 Å². The number of non-ortho nitro benzene ring substituents is 1. The van der Waals surface area contributed by atoms with E-state index in [-0.39, 0.29) is 5.69 Å². The van der Waals surface area contributed by atoms with E-state index in [0.717, 1.165) is 10.9 Å². The fraction of sp³-hybridized carbons (Fsp3) is 0.100. The van der Waals surface area contributed by atoms with Gasteiger partial charge in [0.15, 0.2) is 0 Å². The molecule has 0 bridgehead atoms. The van der Waals surface area contributed by atoms with Crippen LogP contribution in [0.1, 0.15) is 5.56 Å². The molecule has 2 aromatic rings. The molecule has 0 unspecified atom stereocenters. The van der Waals surface area contributed by atoms with Crippen LogP contribution in [0.15, 0.2) is 30.5 Å². The number of nitro groups is 1. The molecule has 0 saturated carbocycles. The Morgan fingerprint density at radius 2 is 2.27 bits per heavy atom. The molecule has 0 aliphatic heterocycles. The van der Waals surface area contributed by atoms with E-state index in [2.05, 4.69) is 20.9 Å². The van der Waals surface area contributed by atoms with Crippen LogP contribution in [0.2, 0.25) is 0 Å². The Balaban J connectivity index is 2.72. The monoisotopic (exact) mass is 266 g/mol. The van der Waals surface area contributed by atoms with Crippen LogP contribution in [-0.2, 0) is 5.33 Å². The molecule has 4 nitrogen and oxygen atoms in total. The predicted octanol–water partition coefficient (Wildman–Crippen LogP) is 3.04. The van der Waals surface area contributed by atoms with Gasteiger partial charge < -0.3 is 0 Å². The minimum absolute atomic E-state index is 0.0497. The third-order valence-corrected chi connectivity index (χ3v) is 2.74. The van der Waals surface area contributed by atoms with Gasteiger partial charge in [-0.2, -0.15) is 0 Å². The van der Waals surface area contributed by atoms with Crippen LogP contribution in [-0.4, -0.2) is 9.91 Å². The molecule has 76 valence electrons. The van der Waals surface area contributed by atoms with E-state index in [1.807, 2.05) is 12.1 Å². The summed E-state index contributed by atoms with van der Waals surface area (Å²) in [5.74, 6) is 0. The summed E-state index contributed by atoms with van der Waals surface area (Å²) >= 11 is 3.32. The molecule has 5 heteroatoms. The summed E-state index contributed by atoms with van der Waals surface area (Å²) in [5.41, 5.74) is 1.49. The summed E-state index contributed by atoms with van der Waals surface area (Å²) in [6, 6.07) is 6.84. The second-order valence-corrected chi connectivity index (χ2v) is 3.64. The van der Waals surface area contributed by atoms with Gasteiger partial charge in [-0.3, -0.25) is 10.1 Å². The molecule has 0 N–H and O–H groups in total. The Morgan fingerprint density at radius 3 is 2.93 bits per heavy atom. The molecule has 1 heterocycles. The fourth-order valence-corrected chi connectivity index (χ4v) is 1.72. The summed E-state index contributed by atoms with van der Waals surface area (Å²) in [4.78, 5) is 14.4. The van der Waals surface area contributed by atoms with E-state index in [1.165, 1.54) is 6.07 Å². The Hall–Kier alpha value is -1.49.